The third kappa shape index (κ3) is 3.66. The first-order chi connectivity index (χ1) is 7.29. The summed E-state index contributed by atoms with van der Waals surface area (Å²) in [7, 11) is 0. The van der Waals surface area contributed by atoms with E-state index >= 15 is 0 Å². The molecule has 3 nitrogen and oxygen atoms in total. The molecule has 0 amide bonds. The molecule has 0 spiro atoms. The van der Waals surface area contributed by atoms with Crippen LogP contribution in [0.2, 0.25) is 0 Å². The van der Waals surface area contributed by atoms with Gasteiger partial charge in [-0.2, -0.15) is 0 Å². The fourth-order valence-electron chi connectivity index (χ4n) is 1.33. The van der Waals surface area contributed by atoms with Gasteiger partial charge in [0.1, 0.15) is 5.60 Å². The molecule has 0 saturated heterocycles. The quantitative estimate of drug-likeness (QED) is 0.781. The molecule has 16 heavy (non-hydrogen) atoms. The van der Waals surface area contributed by atoms with Crippen LogP contribution >= 0.6 is 0 Å². The van der Waals surface area contributed by atoms with Crippen molar-refractivity contribution in [3.8, 4) is 0 Å². The molecule has 0 saturated carbocycles. The summed E-state index contributed by atoms with van der Waals surface area (Å²) in [4.78, 5) is 11.6. The third-order valence-corrected chi connectivity index (χ3v) is 1.99. The number of hydrogen-bond acceptors (Lipinski definition) is 3. The van der Waals surface area contributed by atoms with E-state index in [0.717, 1.165) is 5.56 Å². The summed E-state index contributed by atoms with van der Waals surface area (Å²) in [5.74, 6) is -0.613. The first-order valence-corrected chi connectivity index (χ1v) is 5.27. The van der Waals surface area contributed by atoms with E-state index in [9.17, 15) is 9.90 Å². The summed E-state index contributed by atoms with van der Waals surface area (Å²) in [5.41, 5.74) is 0.983. The maximum atomic E-state index is 11.6. The number of aliphatic hydroxyl groups excluding tert-OH is 1. The molecule has 1 rings (SSSR count). The highest BCUT2D eigenvalue weighted by molar-refractivity contribution is 5.76. The number of ether oxygens (including phenoxy) is 1. The van der Waals surface area contributed by atoms with Crippen LogP contribution in [0.3, 0.4) is 0 Å². The first kappa shape index (κ1) is 12.7. The number of aliphatic hydroxyl groups is 1. The zero-order valence-corrected chi connectivity index (χ0v) is 10.2. The second-order valence-electron chi connectivity index (χ2n) is 4.85. The van der Waals surface area contributed by atoms with Gasteiger partial charge >= 0.3 is 5.97 Å². The van der Waals surface area contributed by atoms with Crippen molar-refractivity contribution in [1.82, 2.24) is 0 Å². The number of rotatable bonds is 2. The van der Waals surface area contributed by atoms with Gasteiger partial charge in [-0.3, -0.25) is 0 Å². The predicted molar refractivity (Wildman–Crippen MR) is 62.0 cm³/mol. The van der Waals surface area contributed by atoms with E-state index in [1.165, 1.54) is 0 Å². The Hall–Kier alpha value is -1.35. The third-order valence-electron chi connectivity index (χ3n) is 1.99. The SMILES string of the molecule is Cc1cccc([C@H](O)C(=O)OC(C)(C)C)c1. The van der Waals surface area contributed by atoms with Crippen LogP contribution in [0.15, 0.2) is 24.3 Å². The Labute approximate surface area is 96.1 Å². The molecule has 0 bridgehead atoms. The van der Waals surface area contributed by atoms with Gasteiger partial charge in [-0.05, 0) is 33.3 Å². The van der Waals surface area contributed by atoms with Gasteiger partial charge in [-0.25, -0.2) is 4.79 Å². The summed E-state index contributed by atoms with van der Waals surface area (Å²) in [6, 6.07) is 7.19. The standard InChI is InChI=1S/C13H18O3/c1-9-6-5-7-10(8-9)11(14)12(15)16-13(2,3)4/h5-8,11,14H,1-4H3/t11-/m0/s1. The molecule has 0 aromatic heterocycles. The molecule has 0 radical (unpaired) electrons. The second-order valence-corrected chi connectivity index (χ2v) is 4.85. The average molecular weight is 222 g/mol. The Balaban J connectivity index is 2.78. The summed E-state index contributed by atoms with van der Waals surface area (Å²) in [5, 5.41) is 9.80. The minimum absolute atomic E-state index is 0.564. The van der Waals surface area contributed by atoms with Crippen LogP contribution in [0, 0.1) is 6.92 Å². The Morgan fingerprint density at radius 3 is 2.50 bits per heavy atom. The topological polar surface area (TPSA) is 46.5 Å². The summed E-state index contributed by atoms with van der Waals surface area (Å²) < 4.78 is 5.10. The molecular formula is C13H18O3. The molecule has 0 unspecified atom stereocenters. The van der Waals surface area contributed by atoms with Crippen molar-refractivity contribution in [2.24, 2.45) is 0 Å². The van der Waals surface area contributed by atoms with Crippen LogP contribution in [0.4, 0.5) is 0 Å². The van der Waals surface area contributed by atoms with Gasteiger partial charge in [0.25, 0.3) is 0 Å². The van der Waals surface area contributed by atoms with Crippen LogP contribution in [-0.2, 0) is 9.53 Å². The monoisotopic (exact) mass is 222 g/mol. The minimum Gasteiger partial charge on any atom is -0.458 e. The Bertz CT molecular complexity index is 377. The molecule has 1 aromatic carbocycles. The second kappa shape index (κ2) is 4.66. The van der Waals surface area contributed by atoms with Crippen molar-refractivity contribution >= 4 is 5.97 Å². The highest BCUT2D eigenvalue weighted by Gasteiger charge is 2.24. The number of aryl methyl sites for hydroxylation is 1. The van der Waals surface area contributed by atoms with Crippen molar-refractivity contribution in [3.05, 3.63) is 35.4 Å². The van der Waals surface area contributed by atoms with E-state index in [1.54, 1.807) is 39.0 Å². The van der Waals surface area contributed by atoms with Crippen LogP contribution in [0.5, 0.6) is 0 Å². The van der Waals surface area contributed by atoms with E-state index in [4.69, 9.17) is 4.74 Å². The Kier molecular flexibility index (Phi) is 3.70. The Morgan fingerprint density at radius 2 is 2.00 bits per heavy atom. The van der Waals surface area contributed by atoms with Crippen molar-refractivity contribution in [2.75, 3.05) is 0 Å². The highest BCUT2D eigenvalue weighted by atomic mass is 16.6. The largest absolute Gasteiger partial charge is 0.458 e. The van der Waals surface area contributed by atoms with Gasteiger partial charge in [0, 0.05) is 0 Å². The molecule has 1 N–H and O–H groups in total. The number of carbonyl (C=O) groups is 1. The average Bonchev–Trinajstić information content (AvgIpc) is 2.14. The Morgan fingerprint density at radius 1 is 1.38 bits per heavy atom. The zero-order valence-electron chi connectivity index (χ0n) is 10.2. The van der Waals surface area contributed by atoms with Gasteiger partial charge in [-0.15, -0.1) is 0 Å². The number of hydrogen-bond donors (Lipinski definition) is 1. The number of carbonyl (C=O) groups excluding carboxylic acids is 1. The van der Waals surface area contributed by atoms with Gasteiger partial charge in [0.15, 0.2) is 6.10 Å². The van der Waals surface area contributed by atoms with Crippen LogP contribution in [0.1, 0.15) is 38.0 Å². The normalized spacial score (nSPS) is 13.3. The van der Waals surface area contributed by atoms with Gasteiger partial charge in [0.05, 0.1) is 0 Å². The van der Waals surface area contributed by atoms with Crippen LogP contribution in [0.25, 0.3) is 0 Å². The lowest BCUT2D eigenvalue weighted by molar-refractivity contribution is -0.165. The van der Waals surface area contributed by atoms with E-state index < -0.39 is 17.7 Å². The molecule has 0 fully saturated rings. The van der Waals surface area contributed by atoms with E-state index in [2.05, 4.69) is 0 Å². The predicted octanol–water partition coefficient (Wildman–Crippen LogP) is 2.37. The van der Waals surface area contributed by atoms with Crippen LogP contribution < -0.4 is 0 Å². The van der Waals surface area contributed by atoms with Gasteiger partial charge in [0.2, 0.25) is 0 Å². The lowest BCUT2D eigenvalue weighted by Gasteiger charge is -2.21. The smallest absolute Gasteiger partial charge is 0.340 e. The zero-order chi connectivity index (χ0) is 12.3. The van der Waals surface area contributed by atoms with E-state index in [1.807, 2.05) is 13.0 Å². The van der Waals surface area contributed by atoms with Crippen LogP contribution in [-0.4, -0.2) is 16.7 Å². The molecule has 1 atom stereocenters. The summed E-state index contributed by atoms with van der Waals surface area (Å²) in [6.45, 7) is 7.22. The molecule has 0 aliphatic carbocycles. The molecule has 1 aromatic rings. The lowest BCUT2D eigenvalue weighted by atomic mass is 10.1. The molecule has 0 heterocycles. The highest BCUT2D eigenvalue weighted by Crippen LogP contribution is 2.19. The van der Waals surface area contributed by atoms with Crippen molar-refractivity contribution in [1.29, 1.82) is 0 Å². The molecule has 0 aliphatic heterocycles. The van der Waals surface area contributed by atoms with E-state index in [0.29, 0.717) is 5.56 Å². The number of esters is 1. The van der Waals surface area contributed by atoms with Gasteiger partial charge < -0.3 is 9.84 Å². The maximum absolute atomic E-state index is 11.6. The first-order valence-electron chi connectivity index (χ1n) is 5.27. The number of benzene rings is 1. The molecule has 0 aliphatic rings. The van der Waals surface area contributed by atoms with Gasteiger partial charge in [-0.1, -0.05) is 29.8 Å². The lowest BCUT2D eigenvalue weighted by Crippen LogP contribution is -2.27. The molecule has 88 valence electrons. The van der Waals surface area contributed by atoms with Crippen molar-refractivity contribution in [3.63, 3.8) is 0 Å². The maximum Gasteiger partial charge on any atom is 0.340 e. The summed E-state index contributed by atoms with van der Waals surface area (Å²) >= 11 is 0. The molecular weight excluding hydrogens is 204 g/mol. The fourth-order valence-corrected chi connectivity index (χ4v) is 1.33. The minimum atomic E-state index is -1.21. The fraction of sp³-hybridized carbons (Fsp3) is 0.462. The molecule has 3 heteroatoms. The van der Waals surface area contributed by atoms with Crippen molar-refractivity contribution < 1.29 is 14.6 Å². The van der Waals surface area contributed by atoms with Crippen molar-refractivity contribution in [2.45, 2.75) is 39.4 Å². The summed E-state index contributed by atoms with van der Waals surface area (Å²) in [6.07, 6.45) is -1.21. The van der Waals surface area contributed by atoms with E-state index in [-0.39, 0.29) is 0 Å².